The van der Waals surface area contributed by atoms with E-state index in [-0.39, 0.29) is 42.8 Å². The molecule has 0 aliphatic carbocycles. The zero-order valence-electron chi connectivity index (χ0n) is 30.5. The van der Waals surface area contributed by atoms with Gasteiger partial charge in [0.15, 0.2) is 0 Å². The Hall–Kier alpha value is -3.24. The van der Waals surface area contributed by atoms with Crippen LogP contribution < -0.4 is 10.6 Å². The quantitative estimate of drug-likeness (QED) is 0.224. The summed E-state index contributed by atoms with van der Waals surface area (Å²) in [6.45, 7) is 19.4. The van der Waals surface area contributed by atoms with Gasteiger partial charge in [-0.1, -0.05) is 77.4 Å². The van der Waals surface area contributed by atoms with Crippen LogP contribution in [0.1, 0.15) is 99.1 Å². The smallest absolute Gasteiger partial charge is 0.249 e. The second-order valence-corrected chi connectivity index (χ2v) is 13.8. The van der Waals surface area contributed by atoms with Crippen LogP contribution in [0.4, 0.5) is 0 Å². The molecule has 1 aromatic rings. The van der Waals surface area contributed by atoms with E-state index >= 15 is 0 Å². The molecule has 47 heavy (non-hydrogen) atoms. The monoisotopic (exact) mass is 657 g/mol. The Kier molecular flexibility index (Phi) is 19.9. The van der Waals surface area contributed by atoms with Crippen molar-refractivity contribution in [1.29, 1.82) is 0 Å². The molecule has 4 amide bonds. The van der Waals surface area contributed by atoms with Crippen LogP contribution in [0.3, 0.4) is 0 Å². The number of hydrogen-bond acceptors (Lipinski definition) is 6. The number of likely N-dealkylation sites (tertiary alicyclic amines) is 2. The molecule has 2 aliphatic heterocycles. The molecule has 3 rings (SSSR count). The zero-order valence-corrected chi connectivity index (χ0v) is 30.5. The molecule has 0 radical (unpaired) electrons. The molecule has 2 fully saturated rings. The summed E-state index contributed by atoms with van der Waals surface area (Å²) < 4.78 is 0. The highest BCUT2D eigenvalue weighted by Crippen LogP contribution is 2.23. The number of hydrogen-bond donors (Lipinski definition) is 3. The Morgan fingerprint density at radius 1 is 0.957 bits per heavy atom. The standard InChI is InChI=1S/C25H36N4O5.C8H17N.C4H10/c1-17(2)22(28(4)23(32)14-26-16-31)13-18(3)25(34)29-12-8-11-21(29)24(33)27-20(15-30)19-9-6-5-7-10-19;1-8(2)9-6-4-3-5-7-9;1-4(2)3/h5-7,9-10,13,16-17,20-22,30H,8,11-12,14-15H2,1-4H3,(H,26,31)(H,27,33);8H,3-7H2,1-2H3;4H,1-3H3/b18-13+;;/t20-,21-,22+;;/m0../s1. The van der Waals surface area contributed by atoms with Gasteiger partial charge in [0.25, 0.3) is 0 Å². The van der Waals surface area contributed by atoms with Crippen molar-refractivity contribution >= 4 is 24.1 Å². The fourth-order valence-corrected chi connectivity index (χ4v) is 5.63. The normalized spacial score (nSPS) is 18.0. The number of benzene rings is 1. The van der Waals surface area contributed by atoms with E-state index in [0.717, 1.165) is 17.5 Å². The van der Waals surface area contributed by atoms with Crippen molar-refractivity contribution < 1.29 is 24.3 Å². The summed E-state index contributed by atoms with van der Waals surface area (Å²) in [4.78, 5) is 54.8. The van der Waals surface area contributed by atoms with Gasteiger partial charge in [-0.2, -0.15) is 0 Å². The van der Waals surface area contributed by atoms with Gasteiger partial charge in [-0.15, -0.1) is 0 Å². The van der Waals surface area contributed by atoms with Gasteiger partial charge in [0.2, 0.25) is 24.1 Å². The molecule has 3 N–H and O–H groups in total. The number of amides is 4. The number of nitrogens with zero attached hydrogens (tertiary/aromatic N) is 3. The Balaban J connectivity index is 0.000000705. The van der Waals surface area contributed by atoms with Crippen LogP contribution in [-0.4, -0.2) is 102 Å². The van der Waals surface area contributed by atoms with Gasteiger partial charge in [0.1, 0.15) is 6.04 Å². The van der Waals surface area contributed by atoms with Crippen LogP contribution >= 0.6 is 0 Å². The number of likely N-dealkylation sites (N-methyl/N-ethyl adjacent to an activating group) is 1. The second-order valence-electron chi connectivity index (χ2n) is 13.8. The molecule has 0 aromatic heterocycles. The van der Waals surface area contributed by atoms with Crippen molar-refractivity contribution in [1.82, 2.24) is 25.3 Å². The molecule has 3 atom stereocenters. The minimum Gasteiger partial charge on any atom is -0.394 e. The van der Waals surface area contributed by atoms with E-state index in [1.165, 1.54) is 37.3 Å². The Bertz CT molecular complexity index is 1100. The summed E-state index contributed by atoms with van der Waals surface area (Å²) in [5.74, 6) is 0.0445. The molecular formula is C37H63N5O5. The van der Waals surface area contributed by atoms with Crippen LogP contribution in [0.15, 0.2) is 42.0 Å². The Labute approximate surface area is 284 Å². The number of carbonyl (C=O) groups is 4. The van der Waals surface area contributed by atoms with Crippen molar-refractivity contribution in [2.45, 2.75) is 112 Å². The summed E-state index contributed by atoms with van der Waals surface area (Å²) in [5.41, 5.74) is 1.24. The summed E-state index contributed by atoms with van der Waals surface area (Å²) in [6.07, 6.45) is 7.74. The van der Waals surface area contributed by atoms with Crippen molar-refractivity contribution in [2.24, 2.45) is 11.8 Å². The van der Waals surface area contributed by atoms with Crippen molar-refractivity contribution in [3.05, 3.63) is 47.5 Å². The van der Waals surface area contributed by atoms with E-state index in [9.17, 15) is 24.3 Å². The van der Waals surface area contributed by atoms with Crippen LogP contribution in [0, 0.1) is 11.8 Å². The number of nitrogens with one attached hydrogen (secondary N) is 2. The molecule has 10 heteroatoms. The molecule has 2 saturated heterocycles. The van der Waals surface area contributed by atoms with Crippen LogP contribution in [0.2, 0.25) is 0 Å². The number of piperidine rings is 1. The molecule has 0 spiro atoms. The summed E-state index contributed by atoms with van der Waals surface area (Å²) in [7, 11) is 1.64. The van der Waals surface area contributed by atoms with Gasteiger partial charge in [0.05, 0.1) is 25.2 Å². The first-order chi connectivity index (χ1) is 22.2. The van der Waals surface area contributed by atoms with Gasteiger partial charge >= 0.3 is 0 Å². The lowest BCUT2D eigenvalue weighted by Gasteiger charge is -2.30. The molecular weight excluding hydrogens is 594 g/mol. The first-order valence-corrected chi connectivity index (χ1v) is 17.4. The van der Waals surface area contributed by atoms with Gasteiger partial charge in [-0.25, -0.2) is 0 Å². The van der Waals surface area contributed by atoms with Crippen molar-refractivity contribution in [2.75, 3.05) is 39.8 Å². The lowest BCUT2D eigenvalue weighted by molar-refractivity contribution is -0.136. The zero-order chi connectivity index (χ0) is 35.5. The van der Waals surface area contributed by atoms with E-state index in [2.05, 4.69) is 50.2 Å². The van der Waals surface area contributed by atoms with Crippen LogP contribution in [-0.2, 0) is 19.2 Å². The maximum atomic E-state index is 13.3. The van der Waals surface area contributed by atoms with Gasteiger partial charge in [-0.05, 0) is 76.9 Å². The Morgan fingerprint density at radius 2 is 1.55 bits per heavy atom. The third-order valence-corrected chi connectivity index (χ3v) is 8.26. The molecule has 2 heterocycles. The molecule has 2 aliphatic rings. The van der Waals surface area contributed by atoms with Crippen LogP contribution in [0.25, 0.3) is 0 Å². The number of rotatable bonds is 12. The van der Waals surface area contributed by atoms with E-state index in [4.69, 9.17) is 0 Å². The SMILES string of the molecule is C/C(=C\[C@H](C(C)C)N(C)C(=O)CNC=O)C(=O)N1CCC[C@H]1C(=O)N[C@@H](CO)c1ccccc1.CC(C)C.CC(C)N1CCCCC1. The average molecular weight is 658 g/mol. The Morgan fingerprint density at radius 3 is 2.04 bits per heavy atom. The minimum absolute atomic E-state index is 0.0294. The van der Waals surface area contributed by atoms with Gasteiger partial charge in [0, 0.05) is 25.2 Å². The van der Waals surface area contributed by atoms with Crippen LogP contribution in [0.5, 0.6) is 0 Å². The highest BCUT2D eigenvalue weighted by molar-refractivity contribution is 5.97. The molecule has 0 saturated carbocycles. The predicted molar refractivity (Wildman–Crippen MR) is 189 cm³/mol. The first kappa shape index (κ1) is 41.8. The summed E-state index contributed by atoms with van der Waals surface area (Å²) in [5, 5.41) is 15.0. The second kappa shape index (κ2) is 22.4. The maximum absolute atomic E-state index is 13.3. The maximum Gasteiger partial charge on any atom is 0.249 e. The summed E-state index contributed by atoms with van der Waals surface area (Å²) >= 11 is 0. The van der Waals surface area contributed by atoms with Gasteiger partial charge < -0.3 is 30.4 Å². The number of aliphatic hydroxyl groups is 1. The molecule has 0 unspecified atom stereocenters. The highest BCUT2D eigenvalue weighted by Gasteiger charge is 2.36. The fourth-order valence-electron chi connectivity index (χ4n) is 5.63. The topological polar surface area (TPSA) is 122 Å². The molecule has 1 aromatic carbocycles. The molecule has 0 bridgehead atoms. The average Bonchev–Trinajstić information content (AvgIpc) is 3.55. The fraction of sp³-hybridized carbons (Fsp3) is 0.676. The van der Waals surface area contributed by atoms with E-state index in [1.807, 2.05) is 44.2 Å². The van der Waals surface area contributed by atoms with Crippen molar-refractivity contribution in [3.63, 3.8) is 0 Å². The van der Waals surface area contributed by atoms with E-state index in [0.29, 0.717) is 31.4 Å². The molecule has 266 valence electrons. The lowest BCUT2D eigenvalue weighted by atomic mass is 9.99. The largest absolute Gasteiger partial charge is 0.394 e. The predicted octanol–water partition coefficient (Wildman–Crippen LogP) is 4.55. The van der Waals surface area contributed by atoms with Gasteiger partial charge in [-0.3, -0.25) is 19.2 Å². The van der Waals surface area contributed by atoms with E-state index in [1.54, 1.807) is 24.9 Å². The highest BCUT2D eigenvalue weighted by atomic mass is 16.3. The minimum atomic E-state index is -0.623. The number of carbonyl (C=O) groups excluding carboxylic acids is 4. The van der Waals surface area contributed by atoms with Crippen molar-refractivity contribution in [3.8, 4) is 0 Å². The third-order valence-electron chi connectivity index (χ3n) is 8.26. The van der Waals surface area contributed by atoms with E-state index < -0.39 is 12.1 Å². The third kappa shape index (κ3) is 15.0. The number of aliphatic hydroxyl groups excluding tert-OH is 1. The lowest BCUT2D eigenvalue weighted by Crippen LogP contribution is -2.48. The first-order valence-electron chi connectivity index (χ1n) is 17.4. The summed E-state index contributed by atoms with van der Waals surface area (Å²) in [6, 6.07) is 8.45. The molecule has 10 nitrogen and oxygen atoms in total.